The maximum absolute atomic E-state index is 3.53. The first kappa shape index (κ1) is 12.2. The highest BCUT2D eigenvalue weighted by atomic mass is 15.2. The molecule has 0 spiro atoms. The average molecular weight is 244 g/mol. The second-order valence-electron chi connectivity index (χ2n) is 6.11. The predicted octanol–water partition coefficient (Wildman–Crippen LogP) is 2.34. The lowest BCUT2D eigenvalue weighted by Gasteiger charge is -2.25. The molecule has 0 amide bonds. The molecule has 2 saturated heterocycles. The number of hydrogen-bond acceptors (Lipinski definition) is 2. The van der Waals surface area contributed by atoms with Crippen molar-refractivity contribution in [2.45, 2.75) is 33.4 Å². The van der Waals surface area contributed by atoms with E-state index in [4.69, 9.17) is 0 Å². The molecule has 3 rings (SSSR count). The van der Waals surface area contributed by atoms with Crippen molar-refractivity contribution in [3.8, 4) is 0 Å². The van der Waals surface area contributed by atoms with Gasteiger partial charge in [-0.25, -0.2) is 0 Å². The fourth-order valence-corrected chi connectivity index (χ4v) is 3.67. The molecule has 2 heterocycles. The Labute approximate surface area is 110 Å². The summed E-state index contributed by atoms with van der Waals surface area (Å²) in [6.07, 6.45) is 0. The first-order valence-corrected chi connectivity index (χ1v) is 7.16. The average Bonchev–Trinajstić information content (AvgIpc) is 2.90. The number of rotatable bonds is 2. The molecule has 1 aromatic carbocycles. The van der Waals surface area contributed by atoms with E-state index in [0.717, 1.165) is 24.4 Å². The van der Waals surface area contributed by atoms with E-state index in [1.54, 1.807) is 0 Å². The summed E-state index contributed by atoms with van der Waals surface area (Å²) in [6, 6.07) is 7.43. The summed E-state index contributed by atoms with van der Waals surface area (Å²) in [5.74, 6) is 1.75. The van der Waals surface area contributed by atoms with Gasteiger partial charge in [0, 0.05) is 19.1 Å². The van der Waals surface area contributed by atoms with Crippen LogP contribution in [-0.2, 0) is 6.54 Å². The van der Waals surface area contributed by atoms with Crippen molar-refractivity contribution in [1.29, 1.82) is 0 Å². The molecular formula is C16H24N2. The minimum atomic E-state index is 0.727. The van der Waals surface area contributed by atoms with Gasteiger partial charge in [0.05, 0.1) is 0 Å². The maximum atomic E-state index is 3.53. The molecule has 18 heavy (non-hydrogen) atoms. The molecule has 0 aromatic heterocycles. The van der Waals surface area contributed by atoms with Crippen molar-refractivity contribution in [2.75, 3.05) is 19.6 Å². The third-order valence-corrected chi connectivity index (χ3v) is 5.15. The molecule has 1 aromatic rings. The Balaban J connectivity index is 1.75. The van der Waals surface area contributed by atoms with Gasteiger partial charge in [0.1, 0.15) is 0 Å². The van der Waals surface area contributed by atoms with E-state index in [0.29, 0.717) is 0 Å². The van der Waals surface area contributed by atoms with Crippen LogP contribution in [0.3, 0.4) is 0 Å². The third kappa shape index (κ3) is 1.98. The maximum Gasteiger partial charge on any atom is 0.0239 e. The monoisotopic (exact) mass is 244 g/mol. The van der Waals surface area contributed by atoms with Gasteiger partial charge in [-0.3, -0.25) is 4.90 Å². The Hall–Kier alpha value is -0.860. The van der Waals surface area contributed by atoms with Crippen molar-refractivity contribution in [3.63, 3.8) is 0 Å². The van der Waals surface area contributed by atoms with Crippen LogP contribution in [0.5, 0.6) is 0 Å². The second-order valence-corrected chi connectivity index (χ2v) is 6.11. The van der Waals surface area contributed by atoms with Gasteiger partial charge in [0.15, 0.2) is 0 Å². The SMILES string of the molecule is Cc1cccc(CN2CC3CNCC3C2C)c1C. The molecular weight excluding hydrogens is 220 g/mol. The van der Waals surface area contributed by atoms with Crippen LogP contribution in [0, 0.1) is 25.7 Å². The summed E-state index contributed by atoms with van der Waals surface area (Å²) in [7, 11) is 0. The van der Waals surface area contributed by atoms with Gasteiger partial charge in [-0.15, -0.1) is 0 Å². The number of hydrogen-bond donors (Lipinski definition) is 1. The Morgan fingerprint density at radius 3 is 2.89 bits per heavy atom. The van der Waals surface area contributed by atoms with E-state index >= 15 is 0 Å². The molecule has 2 heteroatoms. The number of fused-ring (bicyclic) bond motifs is 1. The molecule has 2 aliphatic rings. The summed E-state index contributed by atoms with van der Waals surface area (Å²) in [5.41, 5.74) is 4.40. The number of aryl methyl sites for hydroxylation is 1. The molecule has 3 atom stereocenters. The fraction of sp³-hybridized carbons (Fsp3) is 0.625. The zero-order chi connectivity index (χ0) is 12.7. The van der Waals surface area contributed by atoms with Crippen LogP contribution in [0.25, 0.3) is 0 Å². The van der Waals surface area contributed by atoms with Crippen LogP contribution >= 0.6 is 0 Å². The number of nitrogens with zero attached hydrogens (tertiary/aromatic N) is 1. The Kier molecular flexibility index (Phi) is 3.16. The lowest BCUT2D eigenvalue weighted by atomic mass is 9.95. The molecule has 1 N–H and O–H groups in total. The van der Waals surface area contributed by atoms with E-state index in [1.165, 1.54) is 36.3 Å². The summed E-state index contributed by atoms with van der Waals surface area (Å²) in [4.78, 5) is 2.68. The summed E-state index contributed by atoms with van der Waals surface area (Å²) in [6.45, 7) is 11.7. The van der Waals surface area contributed by atoms with E-state index in [9.17, 15) is 0 Å². The summed E-state index contributed by atoms with van der Waals surface area (Å²) < 4.78 is 0. The van der Waals surface area contributed by atoms with Crippen LogP contribution in [0.1, 0.15) is 23.6 Å². The largest absolute Gasteiger partial charge is 0.316 e. The predicted molar refractivity (Wildman–Crippen MR) is 75.6 cm³/mol. The Bertz CT molecular complexity index is 441. The zero-order valence-electron chi connectivity index (χ0n) is 11.7. The van der Waals surface area contributed by atoms with Crippen LogP contribution in [0.2, 0.25) is 0 Å². The van der Waals surface area contributed by atoms with Crippen LogP contribution in [0.4, 0.5) is 0 Å². The van der Waals surface area contributed by atoms with Crippen LogP contribution < -0.4 is 5.32 Å². The minimum absolute atomic E-state index is 0.727. The van der Waals surface area contributed by atoms with E-state index in [1.807, 2.05) is 0 Å². The molecule has 3 unspecified atom stereocenters. The van der Waals surface area contributed by atoms with Gasteiger partial charge in [0.2, 0.25) is 0 Å². The molecule has 0 aliphatic carbocycles. The van der Waals surface area contributed by atoms with E-state index in [-0.39, 0.29) is 0 Å². The van der Waals surface area contributed by atoms with Gasteiger partial charge >= 0.3 is 0 Å². The Morgan fingerprint density at radius 1 is 1.28 bits per heavy atom. The smallest absolute Gasteiger partial charge is 0.0239 e. The molecule has 0 radical (unpaired) electrons. The molecule has 98 valence electrons. The first-order chi connectivity index (χ1) is 8.66. The molecule has 0 bridgehead atoms. The van der Waals surface area contributed by atoms with Crippen molar-refractivity contribution >= 4 is 0 Å². The van der Waals surface area contributed by atoms with Crippen molar-refractivity contribution in [3.05, 3.63) is 34.9 Å². The van der Waals surface area contributed by atoms with Crippen molar-refractivity contribution in [1.82, 2.24) is 10.2 Å². The van der Waals surface area contributed by atoms with Gasteiger partial charge in [-0.1, -0.05) is 18.2 Å². The van der Waals surface area contributed by atoms with Crippen LogP contribution in [-0.4, -0.2) is 30.6 Å². The fourth-order valence-electron chi connectivity index (χ4n) is 3.67. The van der Waals surface area contributed by atoms with Gasteiger partial charge in [-0.05, 0) is 62.4 Å². The van der Waals surface area contributed by atoms with Gasteiger partial charge in [0.25, 0.3) is 0 Å². The first-order valence-electron chi connectivity index (χ1n) is 7.16. The lowest BCUT2D eigenvalue weighted by molar-refractivity contribution is 0.231. The number of nitrogens with one attached hydrogen (secondary N) is 1. The highest BCUT2D eigenvalue weighted by molar-refractivity contribution is 5.33. The highest BCUT2D eigenvalue weighted by Crippen LogP contribution is 2.33. The van der Waals surface area contributed by atoms with Gasteiger partial charge < -0.3 is 5.32 Å². The quantitative estimate of drug-likeness (QED) is 0.859. The van der Waals surface area contributed by atoms with Crippen molar-refractivity contribution < 1.29 is 0 Å². The lowest BCUT2D eigenvalue weighted by Crippen LogP contribution is -2.33. The summed E-state index contributed by atoms with van der Waals surface area (Å²) in [5, 5.41) is 3.53. The second kappa shape index (κ2) is 4.67. The van der Waals surface area contributed by atoms with E-state index < -0.39 is 0 Å². The Morgan fingerprint density at radius 2 is 2.11 bits per heavy atom. The minimum Gasteiger partial charge on any atom is -0.316 e. The van der Waals surface area contributed by atoms with Crippen molar-refractivity contribution in [2.24, 2.45) is 11.8 Å². The van der Waals surface area contributed by atoms with Crippen LogP contribution in [0.15, 0.2) is 18.2 Å². The molecule has 0 saturated carbocycles. The summed E-state index contributed by atoms with van der Waals surface area (Å²) >= 11 is 0. The van der Waals surface area contributed by atoms with E-state index in [2.05, 4.69) is 49.2 Å². The topological polar surface area (TPSA) is 15.3 Å². The normalized spacial score (nSPS) is 31.8. The third-order valence-electron chi connectivity index (χ3n) is 5.15. The van der Waals surface area contributed by atoms with Gasteiger partial charge in [-0.2, -0.15) is 0 Å². The number of likely N-dealkylation sites (tertiary alicyclic amines) is 1. The number of benzene rings is 1. The molecule has 2 aliphatic heterocycles. The molecule has 2 nitrogen and oxygen atoms in total. The highest BCUT2D eigenvalue weighted by Gasteiger charge is 2.41. The zero-order valence-corrected chi connectivity index (χ0v) is 11.7. The standard InChI is InChI=1S/C16H24N2/c1-11-5-4-6-14(12(11)2)9-18-10-15-7-17-8-16(15)13(18)3/h4-6,13,15-17H,7-10H2,1-3H3. The molecule has 2 fully saturated rings.